The van der Waals surface area contributed by atoms with Crippen LogP contribution in [0.3, 0.4) is 0 Å². The van der Waals surface area contributed by atoms with Gasteiger partial charge in [-0.05, 0) is 24.6 Å². The van der Waals surface area contributed by atoms with Crippen LogP contribution in [0.1, 0.15) is 28.4 Å². The molecule has 0 unspecified atom stereocenters. The second kappa shape index (κ2) is 9.73. The van der Waals surface area contributed by atoms with Gasteiger partial charge in [0.1, 0.15) is 6.61 Å². The van der Waals surface area contributed by atoms with Gasteiger partial charge in [-0.3, -0.25) is 14.2 Å². The van der Waals surface area contributed by atoms with Crippen LogP contribution in [0.15, 0.2) is 49.1 Å². The number of aromatic nitrogens is 4. The van der Waals surface area contributed by atoms with Crippen LogP contribution in [0.25, 0.3) is 0 Å². The lowest BCUT2D eigenvalue weighted by Crippen LogP contribution is -2.32. The van der Waals surface area contributed by atoms with Crippen molar-refractivity contribution in [3.8, 4) is 0 Å². The predicted octanol–water partition coefficient (Wildman–Crippen LogP) is 3.82. The van der Waals surface area contributed by atoms with Gasteiger partial charge < -0.3 is 10.1 Å². The Morgan fingerprint density at radius 3 is 2.65 bits per heavy atom. The molecule has 7 nitrogen and oxygen atoms in total. The topological polar surface area (TPSA) is 74.0 Å². The van der Waals surface area contributed by atoms with E-state index in [-0.39, 0.29) is 12.2 Å². The smallest absolute Gasteiger partial charge is 0.330 e. The van der Waals surface area contributed by atoms with E-state index in [0.29, 0.717) is 17.8 Å². The van der Waals surface area contributed by atoms with E-state index < -0.39 is 24.9 Å². The van der Waals surface area contributed by atoms with Crippen molar-refractivity contribution in [2.75, 3.05) is 11.9 Å². The van der Waals surface area contributed by atoms with Crippen LogP contribution in [-0.2, 0) is 24.4 Å². The zero-order valence-corrected chi connectivity index (χ0v) is 16.6. The van der Waals surface area contributed by atoms with Gasteiger partial charge in [0.05, 0.1) is 31.2 Å². The number of amides is 1. The number of carbonyl (C=O) groups excluding carboxylic acids is 1. The molecule has 1 aromatic carbocycles. The first-order chi connectivity index (χ1) is 14.8. The summed E-state index contributed by atoms with van der Waals surface area (Å²) in [5, 5.41) is 11.1. The van der Waals surface area contributed by atoms with Crippen molar-refractivity contribution in [1.82, 2.24) is 19.6 Å². The minimum Gasteiger partial charge on any atom is -0.370 e. The van der Waals surface area contributed by atoms with Crippen molar-refractivity contribution in [3.63, 3.8) is 0 Å². The van der Waals surface area contributed by atoms with E-state index in [9.17, 15) is 22.4 Å². The molecule has 0 fully saturated rings. The lowest BCUT2D eigenvalue weighted by Gasteiger charge is -2.15. The Morgan fingerprint density at radius 1 is 1.16 bits per heavy atom. The van der Waals surface area contributed by atoms with Crippen LogP contribution in [0.5, 0.6) is 0 Å². The zero-order valence-electron chi connectivity index (χ0n) is 16.6. The van der Waals surface area contributed by atoms with Gasteiger partial charge in [-0.1, -0.05) is 12.1 Å². The minimum atomic E-state index is -4.22. The maximum Gasteiger partial charge on any atom is 0.330 e. The van der Waals surface area contributed by atoms with Crippen molar-refractivity contribution < 1.29 is 27.1 Å². The molecule has 166 valence electrons. The fraction of sp³-hybridized carbons (Fsp3) is 0.350. The van der Waals surface area contributed by atoms with Crippen LogP contribution >= 0.6 is 0 Å². The summed E-state index contributed by atoms with van der Waals surface area (Å²) in [7, 11) is 0. The third-order valence-corrected chi connectivity index (χ3v) is 4.32. The molecule has 11 heteroatoms. The molecule has 3 rings (SSSR count). The van der Waals surface area contributed by atoms with E-state index in [0.717, 1.165) is 12.1 Å². The number of nitrogens with zero attached hydrogens (tertiary/aromatic N) is 4. The van der Waals surface area contributed by atoms with Gasteiger partial charge in [-0.15, -0.1) is 0 Å². The molecule has 0 aliphatic rings. The molecule has 2 heterocycles. The lowest BCUT2D eigenvalue weighted by atomic mass is 10.1. The van der Waals surface area contributed by atoms with Crippen molar-refractivity contribution in [2.24, 2.45) is 0 Å². The fourth-order valence-corrected chi connectivity index (χ4v) is 2.74. The van der Waals surface area contributed by atoms with Crippen LogP contribution in [0, 0.1) is 0 Å². The van der Waals surface area contributed by atoms with E-state index in [4.69, 9.17) is 0 Å². The maximum atomic E-state index is 12.9. The number of hydrogen-bond acceptors (Lipinski definition) is 4. The van der Waals surface area contributed by atoms with Gasteiger partial charge in [-0.2, -0.15) is 19.0 Å². The molecule has 0 bridgehead atoms. The van der Waals surface area contributed by atoms with E-state index in [2.05, 4.69) is 20.3 Å². The number of carbonyl (C=O) groups is 1. The summed E-state index contributed by atoms with van der Waals surface area (Å²) in [6.07, 6.45) is 3.02. The third-order valence-electron chi connectivity index (χ3n) is 4.32. The highest BCUT2D eigenvalue weighted by molar-refractivity contribution is 6.04. The Kier molecular flexibility index (Phi) is 7.06. The average Bonchev–Trinajstić information content (AvgIpc) is 3.37. The zero-order chi connectivity index (χ0) is 22.4. The predicted molar refractivity (Wildman–Crippen MR) is 104 cm³/mol. The van der Waals surface area contributed by atoms with Crippen molar-refractivity contribution in [3.05, 3.63) is 65.7 Å². The molecule has 0 aliphatic heterocycles. The summed E-state index contributed by atoms with van der Waals surface area (Å²) < 4.78 is 58.3. The number of hydrogen-bond donors (Lipinski definition) is 1. The Hall–Kier alpha value is -3.21. The van der Waals surface area contributed by atoms with Gasteiger partial charge in [0.15, 0.2) is 0 Å². The molecule has 1 amide bonds. The molecule has 0 aliphatic carbocycles. The molecule has 0 radical (unpaired) electrons. The Labute approximate surface area is 175 Å². The van der Waals surface area contributed by atoms with E-state index >= 15 is 0 Å². The summed E-state index contributed by atoms with van der Waals surface area (Å²) in [4.78, 5) is 12.5. The molecule has 3 aromatic rings. The number of halogens is 4. The lowest BCUT2D eigenvalue weighted by molar-refractivity contribution is -0.168. The molecule has 31 heavy (non-hydrogen) atoms. The van der Waals surface area contributed by atoms with Crippen LogP contribution < -0.4 is 5.32 Å². The highest BCUT2D eigenvalue weighted by atomic mass is 19.3. The Balaban J connectivity index is 1.56. The van der Waals surface area contributed by atoms with Gasteiger partial charge in [0, 0.05) is 30.1 Å². The van der Waals surface area contributed by atoms with Gasteiger partial charge in [0.25, 0.3) is 5.91 Å². The number of nitrogens with one attached hydrogen (secondary N) is 1. The molecule has 2 aromatic heterocycles. The number of aryl methyl sites for hydroxylation is 1. The van der Waals surface area contributed by atoms with Gasteiger partial charge >= 0.3 is 12.3 Å². The quantitative estimate of drug-likeness (QED) is 0.488. The molecule has 0 atom stereocenters. The number of benzene rings is 1. The van der Waals surface area contributed by atoms with Crippen LogP contribution in [0.4, 0.5) is 23.2 Å². The van der Waals surface area contributed by atoms with Crippen molar-refractivity contribution in [2.45, 2.75) is 39.0 Å². The summed E-state index contributed by atoms with van der Waals surface area (Å²) in [5.41, 5.74) is 2.11. The molecule has 0 saturated carbocycles. The normalized spacial score (nSPS) is 11.8. The van der Waals surface area contributed by atoms with Crippen molar-refractivity contribution in [1.29, 1.82) is 0 Å². The summed E-state index contributed by atoms with van der Waals surface area (Å²) in [6.45, 7) is 1.51. The first-order valence-electron chi connectivity index (χ1n) is 9.44. The second-order valence-corrected chi connectivity index (χ2v) is 6.84. The van der Waals surface area contributed by atoms with Gasteiger partial charge in [0.2, 0.25) is 0 Å². The van der Waals surface area contributed by atoms with Crippen LogP contribution in [-0.4, -0.2) is 44.4 Å². The van der Waals surface area contributed by atoms with Crippen LogP contribution in [0.2, 0.25) is 0 Å². The minimum absolute atomic E-state index is 0.263. The first-order valence-corrected chi connectivity index (χ1v) is 9.44. The summed E-state index contributed by atoms with van der Waals surface area (Å²) in [6, 6.07) is 6.08. The second-order valence-electron chi connectivity index (χ2n) is 6.84. The SMILES string of the molecule is CCn1cc(Cn2cc(NC(=O)c3cccc(COCC(F)(F)C(F)F)c3)cn2)cn1. The van der Waals surface area contributed by atoms with Gasteiger partial charge in [-0.25, -0.2) is 8.78 Å². The molecule has 0 spiro atoms. The monoisotopic (exact) mass is 439 g/mol. The van der Waals surface area contributed by atoms with Crippen molar-refractivity contribution >= 4 is 11.6 Å². The standard InChI is InChI=1S/C20H21F4N5O2/c1-2-28-9-15(7-25-28)10-29-11-17(8-26-29)27-18(30)16-5-3-4-14(6-16)12-31-13-20(23,24)19(21)22/h3-9,11,19H,2,10,12-13H2,1H3,(H,27,30). The average molecular weight is 439 g/mol. The summed E-state index contributed by atoms with van der Waals surface area (Å²) >= 11 is 0. The summed E-state index contributed by atoms with van der Waals surface area (Å²) in [5.74, 6) is -4.65. The number of alkyl halides is 4. The number of ether oxygens (including phenoxy) is 1. The van der Waals surface area contributed by atoms with E-state index in [1.807, 2.05) is 13.1 Å². The highest BCUT2D eigenvalue weighted by Crippen LogP contribution is 2.23. The first kappa shape index (κ1) is 22.5. The molecular weight excluding hydrogens is 418 g/mol. The largest absolute Gasteiger partial charge is 0.370 e. The maximum absolute atomic E-state index is 12.9. The van der Waals surface area contributed by atoms with E-state index in [1.165, 1.54) is 18.3 Å². The molecule has 0 saturated heterocycles. The third kappa shape index (κ3) is 6.14. The molecule has 1 N–H and O–H groups in total. The highest BCUT2D eigenvalue weighted by Gasteiger charge is 2.40. The number of anilines is 1. The van der Waals surface area contributed by atoms with E-state index in [1.54, 1.807) is 33.9 Å². The Bertz CT molecular complexity index is 1020. The Morgan fingerprint density at radius 2 is 1.94 bits per heavy atom. The number of rotatable bonds is 10. The molecular formula is C20H21F4N5O2. The fourth-order valence-electron chi connectivity index (χ4n) is 2.74.